The lowest BCUT2D eigenvalue weighted by atomic mass is 9.93. The van der Waals surface area contributed by atoms with Crippen LogP contribution >= 0.6 is 0 Å². The van der Waals surface area contributed by atoms with Crippen LogP contribution in [0.1, 0.15) is 51.6 Å². The van der Waals surface area contributed by atoms with E-state index in [2.05, 4.69) is 53.5 Å². The Kier molecular flexibility index (Phi) is 6.29. The van der Waals surface area contributed by atoms with Crippen LogP contribution < -0.4 is 0 Å². The fourth-order valence-corrected chi connectivity index (χ4v) is 4.61. The highest BCUT2D eigenvalue weighted by atomic mass is 16.2. The molecule has 33 heavy (non-hydrogen) atoms. The number of nitrogens with zero attached hydrogens (tertiary/aromatic N) is 4. The molecule has 1 saturated heterocycles. The maximum absolute atomic E-state index is 13.3. The zero-order valence-corrected chi connectivity index (χ0v) is 18.7. The van der Waals surface area contributed by atoms with Gasteiger partial charge in [0.1, 0.15) is 0 Å². The molecule has 166 valence electrons. The number of piperidine rings is 1. The quantitative estimate of drug-likeness (QED) is 0.430. The van der Waals surface area contributed by atoms with Crippen molar-refractivity contribution in [3.63, 3.8) is 0 Å². The van der Waals surface area contributed by atoms with E-state index < -0.39 is 0 Å². The Bertz CT molecular complexity index is 1200. The van der Waals surface area contributed by atoms with E-state index in [1.54, 1.807) is 12.5 Å². The topological polar surface area (TPSA) is 51.0 Å². The summed E-state index contributed by atoms with van der Waals surface area (Å²) >= 11 is 0. The average Bonchev–Trinajstić information content (AvgIpc) is 3.38. The zero-order chi connectivity index (χ0) is 22.5. The molecule has 5 nitrogen and oxygen atoms in total. The van der Waals surface area contributed by atoms with Crippen molar-refractivity contribution in [2.24, 2.45) is 0 Å². The lowest BCUT2D eigenvalue weighted by Crippen LogP contribution is -2.39. The number of amides is 1. The molecule has 0 bridgehead atoms. The van der Waals surface area contributed by atoms with E-state index in [1.807, 2.05) is 39.9 Å². The van der Waals surface area contributed by atoms with Crippen molar-refractivity contribution in [3.05, 3.63) is 120 Å². The van der Waals surface area contributed by atoms with Crippen LogP contribution in [0, 0.1) is 0 Å². The van der Waals surface area contributed by atoms with Gasteiger partial charge in [-0.25, -0.2) is 4.98 Å². The lowest BCUT2D eigenvalue weighted by molar-refractivity contribution is 0.0705. The van der Waals surface area contributed by atoms with E-state index in [9.17, 15) is 4.79 Å². The number of rotatable bonds is 6. The average molecular weight is 437 g/mol. The number of benzene rings is 2. The van der Waals surface area contributed by atoms with Gasteiger partial charge in [-0.2, -0.15) is 0 Å². The molecular formula is C28H28N4O. The van der Waals surface area contributed by atoms with Crippen LogP contribution in [-0.4, -0.2) is 38.4 Å². The second-order valence-corrected chi connectivity index (χ2v) is 8.74. The van der Waals surface area contributed by atoms with Gasteiger partial charge in [0.05, 0.1) is 6.33 Å². The summed E-state index contributed by atoms with van der Waals surface area (Å²) < 4.78 is 2.01. The molecule has 2 aromatic heterocycles. The number of imidazole rings is 1. The fraction of sp³-hybridized carbons (Fsp3) is 0.250. The van der Waals surface area contributed by atoms with E-state index >= 15 is 0 Å². The van der Waals surface area contributed by atoms with Crippen LogP contribution in [0.15, 0.2) is 91.5 Å². The van der Waals surface area contributed by atoms with Gasteiger partial charge in [0.2, 0.25) is 0 Å². The first kappa shape index (κ1) is 21.1. The Balaban J connectivity index is 1.28. The predicted molar refractivity (Wildman–Crippen MR) is 129 cm³/mol. The van der Waals surface area contributed by atoms with E-state index in [-0.39, 0.29) is 11.8 Å². The molecule has 1 amide bonds. The molecule has 1 unspecified atom stereocenters. The Hall–Kier alpha value is -3.73. The number of carbonyl (C=O) groups excluding carboxylic acids is 1. The molecule has 3 heterocycles. The van der Waals surface area contributed by atoms with Gasteiger partial charge in [-0.1, -0.05) is 48.5 Å². The van der Waals surface area contributed by atoms with Crippen LogP contribution in [0.4, 0.5) is 0 Å². The van der Waals surface area contributed by atoms with Gasteiger partial charge in [0, 0.05) is 61.3 Å². The molecule has 1 aliphatic heterocycles. The van der Waals surface area contributed by atoms with Crippen molar-refractivity contribution >= 4 is 5.91 Å². The third kappa shape index (κ3) is 5.20. The van der Waals surface area contributed by atoms with Gasteiger partial charge >= 0.3 is 0 Å². The smallest absolute Gasteiger partial charge is 0.253 e. The van der Waals surface area contributed by atoms with Crippen LogP contribution in [0.5, 0.6) is 0 Å². The van der Waals surface area contributed by atoms with Gasteiger partial charge in [0.15, 0.2) is 0 Å². The van der Waals surface area contributed by atoms with E-state index in [0.717, 1.165) is 48.3 Å². The summed E-state index contributed by atoms with van der Waals surface area (Å²) in [5.41, 5.74) is 5.28. The normalized spacial score (nSPS) is 16.0. The summed E-state index contributed by atoms with van der Waals surface area (Å²) in [5, 5.41) is 0. The van der Waals surface area contributed by atoms with Crippen molar-refractivity contribution in [1.29, 1.82) is 0 Å². The monoisotopic (exact) mass is 436 g/mol. The number of likely N-dealkylation sites (tertiary alicyclic amines) is 1. The largest absolute Gasteiger partial charge is 0.338 e. The molecule has 0 saturated carbocycles. The van der Waals surface area contributed by atoms with E-state index in [0.29, 0.717) is 13.1 Å². The molecule has 0 radical (unpaired) electrons. The summed E-state index contributed by atoms with van der Waals surface area (Å²) in [6.45, 7) is 2.22. The van der Waals surface area contributed by atoms with Crippen LogP contribution in [0.25, 0.3) is 0 Å². The van der Waals surface area contributed by atoms with E-state index in [1.165, 1.54) is 5.56 Å². The van der Waals surface area contributed by atoms with Crippen LogP contribution in [-0.2, 0) is 13.0 Å². The molecule has 0 spiro atoms. The fourth-order valence-electron chi connectivity index (χ4n) is 4.61. The van der Waals surface area contributed by atoms with Gasteiger partial charge < -0.3 is 9.47 Å². The van der Waals surface area contributed by atoms with Gasteiger partial charge in [-0.15, -0.1) is 0 Å². The minimum Gasteiger partial charge on any atom is -0.338 e. The molecule has 1 aliphatic rings. The van der Waals surface area contributed by atoms with Gasteiger partial charge in [-0.3, -0.25) is 9.78 Å². The molecule has 0 aliphatic carbocycles. The second kappa shape index (κ2) is 9.82. The highest BCUT2D eigenvalue weighted by Crippen LogP contribution is 2.27. The summed E-state index contributed by atoms with van der Waals surface area (Å²) in [5.74, 6) is 0.375. The molecule has 2 aromatic carbocycles. The number of hydrogen-bond acceptors (Lipinski definition) is 3. The summed E-state index contributed by atoms with van der Waals surface area (Å²) in [4.78, 5) is 24.4. The van der Waals surface area contributed by atoms with Gasteiger partial charge in [-0.05, 0) is 48.2 Å². The molecule has 0 N–H and O–H groups in total. The second-order valence-electron chi connectivity index (χ2n) is 8.74. The molecule has 5 heteroatoms. The summed E-state index contributed by atoms with van der Waals surface area (Å²) in [6, 6.07) is 24.7. The first-order valence-corrected chi connectivity index (χ1v) is 11.6. The predicted octanol–water partition coefficient (Wildman–Crippen LogP) is 4.94. The molecule has 1 atom stereocenters. The van der Waals surface area contributed by atoms with Crippen molar-refractivity contribution < 1.29 is 4.79 Å². The number of carbonyl (C=O) groups is 1. The molecule has 1 fully saturated rings. The van der Waals surface area contributed by atoms with E-state index in [4.69, 9.17) is 4.98 Å². The summed E-state index contributed by atoms with van der Waals surface area (Å²) in [6.07, 6.45) is 8.38. The first-order chi connectivity index (χ1) is 16.2. The molecular weight excluding hydrogens is 408 g/mol. The van der Waals surface area contributed by atoms with Crippen molar-refractivity contribution in [1.82, 2.24) is 19.4 Å². The molecule has 4 aromatic rings. The van der Waals surface area contributed by atoms with Crippen molar-refractivity contribution in [3.8, 4) is 0 Å². The zero-order valence-electron chi connectivity index (χ0n) is 18.7. The standard InChI is InChI=1S/C28H28N4O/c33-28(24-10-4-9-23(17-24)19-31-16-14-29-21-31)32-15-6-11-25(20-32)27-13-5-12-26(30-27)18-22-7-2-1-3-8-22/h1-5,7-10,12-14,16-17,21,25H,6,11,15,18-20H2. The number of aromatic nitrogens is 3. The SMILES string of the molecule is O=C(c1cccc(Cn2ccnc2)c1)N1CCCC(c2cccc(Cc3ccccc3)n2)C1. The summed E-state index contributed by atoms with van der Waals surface area (Å²) in [7, 11) is 0. The van der Waals surface area contributed by atoms with Crippen molar-refractivity contribution in [2.75, 3.05) is 13.1 Å². The third-order valence-electron chi connectivity index (χ3n) is 6.28. The van der Waals surface area contributed by atoms with Crippen LogP contribution in [0.2, 0.25) is 0 Å². The third-order valence-corrected chi connectivity index (χ3v) is 6.28. The minimum absolute atomic E-state index is 0.104. The maximum Gasteiger partial charge on any atom is 0.253 e. The highest BCUT2D eigenvalue weighted by molar-refractivity contribution is 5.94. The van der Waals surface area contributed by atoms with Crippen molar-refractivity contribution in [2.45, 2.75) is 31.7 Å². The molecule has 5 rings (SSSR count). The number of hydrogen-bond donors (Lipinski definition) is 0. The Morgan fingerprint density at radius 2 is 1.82 bits per heavy atom. The van der Waals surface area contributed by atoms with Crippen LogP contribution in [0.3, 0.4) is 0 Å². The Morgan fingerprint density at radius 1 is 0.970 bits per heavy atom. The minimum atomic E-state index is 0.104. The number of pyridine rings is 1. The first-order valence-electron chi connectivity index (χ1n) is 11.6. The maximum atomic E-state index is 13.3. The highest BCUT2D eigenvalue weighted by Gasteiger charge is 2.26. The van der Waals surface area contributed by atoms with Gasteiger partial charge in [0.25, 0.3) is 5.91 Å². The Labute approximate surface area is 194 Å². The Morgan fingerprint density at radius 3 is 2.67 bits per heavy atom. The lowest BCUT2D eigenvalue weighted by Gasteiger charge is -2.33.